The Morgan fingerprint density at radius 3 is 2.32 bits per heavy atom. The van der Waals surface area contributed by atoms with Gasteiger partial charge in [0.2, 0.25) is 0 Å². The number of ether oxygens (including phenoxy) is 3. The first-order valence-corrected chi connectivity index (χ1v) is 8.51. The molecule has 0 saturated heterocycles. The van der Waals surface area contributed by atoms with Crippen molar-refractivity contribution < 1.29 is 18.6 Å². The Kier molecular flexibility index (Phi) is 6.76. The maximum atomic E-state index is 14.0. The van der Waals surface area contributed by atoms with Crippen LogP contribution in [0.15, 0.2) is 36.4 Å². The summed E-state index contributed by atoms with van der Waals surface area (Å²) >= 11 is 0. The Labute approximate surface area is 148 Å². The van der Waals surface area contributed by atoms with Crippen LogP contribution in [0.5, 0.6) is 17.4 Å². The van der Waals surface area contributed by atoms with Crippen LogP contribution in [0.25, 0.3) is 0 Å². The third-order valence-electron chi connectivity index (χ3n) is 3.17. The van der Waals surface area contributed by atoms with Gasteiger partial charge < -0.3 is 14.2 Å². The summed E-state index contributed by atoms with van der Waals surface area (Å²) in [5.74, 6) is 0.694. The van der Waals surface area contributed by atoms with Gasteiger partial charge in [0.25, 0.3) is 5.88 Å². The van der Waals surface area contributed by atoms with E-state index in [0.29, 0.717) is 31.3 Å². The molecule has 4 nitrogen and oxygen atoms in total. The van der Waals surface area contributed by atoms with E-state index in [1.165, 1.54) is 6.07 Å². The first kappa shape index (κ1) is 19.2. The molecule has 0 spiro atoms. The summed E-state index contributed by atoms with van der Waals surface area (Å²) in [5.41, 5.74) is 0.699. The van der Waals surface area contributed by atoms with Gasteiger partial charge in [-0.15, -0.1) is 0 Å². The third-order valence-corrected chi connectivity index (χ3v) is 3.17. The van der Waals surface area contributed by atoms with E-state index in [9.17, 15) is 4.39 Å². The lowest BCUT2D eigenvalue weighted by Crippen LogP contribution is -2.14. The zero-order valence-electron chi connectivity index (χ0n) is 15.3. The Bertz CT molecular complexity index is 666. The Balaban J connectivity index is 1.99. The smallest absolute Gasteiger partial charge is 0.256 e. The van der Waals surface area contributed by atoms with Gasteiger partial charge in [-0.2, -0.15) is 0 Å². The monoisotopic (exact) mass is 347 g/mol. The Hall–Kier alpha value is -2.14. The van der Waals surface area contributed by atoms with Gasteiger partial charge >= 0.3 is 0 Å². The van der Waals surface area contributed by atoms with Gasteiger partial charge in [0.05, 0.1) is 25.5 Å². The zero-order chi connectivity index (χ0) is 18.3. The highest BCUT2D eigenvalue weighted by Crippen LogP contribution is 2.25. The number of nitrogens with zero attached hydrogens (tertiary/aromatic N) is 1. The highest BCUT2D eigenvalue weighted by atomic mass is 19.1. The first-order chi connectivity index (χ1) is 11.9. The average molecular weight is 347 g/mol. The number of pyridine rings is 1. The average Bonchev–Trinajstić information content (AvgIpc) is 2.56. The molecule has 0 aliphatic rings. The molecule has 25 heavy (non-hydrogen) atoms. The van der Waals surface area contributed by atoms with E-state index in [1.807, 2.05) is 6.92 Å². The van der Waals surface area contributed by atoms with Crippen molar-refractivity contribution in [3.63, 3.8) is 0 Å². The SMILES string of the molecule is CCCOc1ccc(Oc2nc(COCC(C)(C)C)ccc2F)cc1. The zero-order valence-corrected chi connectivity index (χ0v) is 15.3. The number of hydrogen-bond acceptors (Lipinski definition) is 4. The number of halogens is 1. The molecule has 0 aliphatic heterocycles. The fraction of sp³-hybridized carbons (Fsp3) is 0.450. The summed E-state index contributed by atoms with van der Waals surface area (Å²) in [6.07, 6.45) is 0.942. The summed E-state index contributed by atoms with van der Waals surface area (Å²) in [6.45, 7) is 9.89. The van der Waals surface area contributed by atoms with Gasteiger partial charge in [-0.3, -0.25) is 0 Å². The molecule has 0 fully saturated rings. The van der Waals surface area contributed by atoms with Crippen molar-refractivity contribution in [3.05, 3.63) is 47.9 Å². The molecule has 0 unspecified atom stereocenters. The van der Waals surface area contributed by atoms with Crippen molar-refractivity contribution in [2.75, 3.05) is 13.2 Å². The fourth-order valence-corrected chi connectivity index (χ4v) is 2.01. The Morgan fingerprint density at radius 2 is 1.68 bits per heavy atom. The molecule has 0 aliphatic carbocycles. The number of benzene rings is 1. The third kappa shape index (κ3) is 6.70. The summed E-state index contributed by atoms with van der Waals surface area (Å²) in [4.78, 5) is 4.21. The van der Waals surface area contributed by atoms with Crippen molar-refractivity contribution >= 4 is 0 Å². The van der Waals surface area contributed by atoms with Gasteiger partial charge in [0.1, 0.15) is 11.5 Å². The largest absolute Gasteiger partial charge is 0.494 e. The van der Waals surface area contributed by atoms with Gasteiger partial charge in [-0.05, 0) is 48.2 Å². The molecule has 2 rings (SSSR count). The van der Waals surface area contributed by atoms with Crippen molar-refractivity contribution in [2.45, 2.75) is 40.7 Å². The molecule has 0 amide bonds. The number of hydrogen-bond donors (Lipinski definition) is 0. The standard InChI is InChI=1S/C20H26FNO3/c1-5-12-24-16-7-9-17(10-8-16)25-19-18(21)11-6-15(22-19)13-23-14-20(2,3)4/h6-11H,5,12-14H2,1-4H3. The lowest BCUT2D eigenvalue weighted by Gasteiger charge is -2.17. The van der Waals surface area contributed by atoms with Crippen LogP contribution < -0.4 is 9.47 Å². The highest BCUT2D eigenvalue weighted by Gasteiger charge is 2.12. The van der Waals surface area contributed by atoms with E-state index in [0.717, 1.165) is 12.2 Å². The second kappa shape index (κ2) is 8.81. The number of aromatic nitrogens is 1. The van der Waals surface area contributed by atoms with Crippen molar-refractivity contribution in [1.82, 2.24) is 4.98 Å². The maximum Gasteiger partial charge on any atom is 0.256 e. The Morgan fingerprint density at radius 1 is 1.00 bits per heavy atom. The van der Waals surface area contributed by atoms with E-state index in [2.05, 4.69) is 25.8 Å². The quantitative estimate of drug-likeness (QED) is 0.644. The highest BCUT2D eigenvalue weighted by molar-refractivity contribution is 5.34. The molecule has 0 bridgehead atoms. The molecule has 0 atom stereocenters. The minimum Gasteiger partial charge on any atom is -0.494 e. The van der Waals surface area contributed by atoms with Crippen LogP contribution in [0.4, 0.5) is 4.39 Å². The molecular formula is C20H26FNO3. The fourth-order valence-electron chi connectivity index (χ4n) is 2.01. The van der Waals surface area contributed by atoms with E-state index in [1.54, 1.807) is 30.3 Å². The lowest BCUT2D eigenvalue weighted by molar-refractivity contribution is 0.0578. The molecule has 5 heteroatoms. The van der Waals surface area contributed by atoms with Gasteiger partial charge in [0.15, 0.2) is 5.82 Å². The summed E-state index contributed by atoms with van der Waals surface area (Å²) < 4.78 is 30.7. The molecule has 0 N–H and O–H groups in total. The van der Waals surface area contributed by atoms with E-state index in [4.69, 9.17) is 14.2 Å². The van der Waals surface area contributed by atoms with Crippen LogP contribution in [0.2, 0.25) is 0 Å². The van der Waals surface area contributed by atoms with Crippen LogP contribution in [-0.4, -0.2) is 18.2 Å². The van der Waals surface area contributed by atoms with Gasteiger partial charge in [0, 0.05) is 0 Å². The molecule has 1 heterocycles. The van der Waals surface area contributed by atoms with E-state index in [-0.39, 0.29) is 11.3 Å². The van der Waals surface area contributed by atoms with Crippen molar-refractivity contribution in [2.24, 2.45) is 5.41 Å². The topological polar surface area (TPSA) is 40.6 Å². The second-order valence-electron chi connectivity index (χ2n) is 7.06. The van der Waals surface area contributed by atoms with Crippen molar-refractivity contribution in [3.8, 4) is 17.4 Å². The lowest BCUT2D eigenvalue weighted by atomic mass is 9.99. The first-order valence-electron chi connectivity index (χ1n) is 8.51. The van der Waals surface area contributed by atoms with Crippen LogP contribution in [0.3, 0.4) is 0 Å². The second-order valence-corrected chi connectivity index (χ2v) is 7.06. The van der Waals surface area contributed by atoms with Gasteiger partial charge in [-0.25, -0.2) is 9.37 Å². The minimum absolute atomic E-state index is 0.0564. The molecule has 1 aromatic carbocycles. The molecule has 0 saturated carbocycles. The van der Waals surface area contributed by atoms with E-state index >= 15 is 0 Å². The predicted molar refractivity (Wildman–Crippen MR) is 95.6 cm³/mol. The molecule has 0 radical (unpaired) electrons. The van der Waals surface area contributed by atoms with Gasteiger partial charge in [-0.1, -0.05) is 27.7 Å². The summed E-state index contributed by atoms with van der Waals surface area (Å²) in [5, 5.41) is 0. The number of rotatable bonds is 8. The predicted octanol–water partition coefficient (Wildman–Crippen LogP) is 5.36. The molecule has 136 valence electrons. The molecule has 1 aromatic heterocycles. The molecular weight excluding hydrogens is 321 g/mol. The summed E-state index contributed by atoms with van der Waals surface area (Å²) in [7, 11) is 0. The van der Waals surface area contributed by atoms with Crippen LogP contribution in [0, 0.1) is 11.2 Å². The normalized spacial score (nSPS) is 11.4. The van der Waals surface area contributed by atoms with Crippen molar-refractivity contribution in [1.29, 1.82) is 0 Å². The minimum atomic E-state index is -0.508. The van der Waals surface area contributed by atoms with Crippen LogP contribution in [-0.2, 0) is 11.3 Å². The van der Waals surface area contributed by atoms with Crippen LogP contribution in [0.1, 0.15) is 39.8 Å². The van der Waals surface area contributed by atoms with Crippen LogP contribution >= 0.6 is 0 Å². The molecule has 2 aromatic rings. The maximum absolute atomic E-state index is 14.0. The summed E-state index contributed by atoms with van der Waals surface area (Å²) in [6, 6.07) is 9.99. The van der Waals surface area contributed by atoms with E-state index < -0.39 is 5.82 Å².